The lowest BCUT2D eigenvalue weighted by Gasteiger charge is -2.21. The van der Waals surface area contributed by atoms with E-state index in [1.807, 2.05) is 19.0 Å². The Morgan fingerprint density at radius 3 is 2.00 bits per heavy atom. The zero-order chi connectivity index (χ0) is 15.5. The van der Waals surface area contributed by atoms with Gasteiger partial charge in [-0.3, -0.25) is 0 Å². The predicted molar refractivity (Wildman–Crippen MR) is 83.3 cm³/mol. The molecule has 0 radical (unpaired) electrons. The van der Waals surface area contributed by atoms with Crippen LogP contribution in [0.2, 0.25) is 0 Å². The Bertz CT molecular complexity index is 545. The maximum absolute atomic E-state index is 12.6. The van der Waals surface area contributed by atoms with E-state index in [9.17, 15) is 8.42 Å². The molecule has 1 rings (SSSR count). The lowest BCUT2D eigenvalue weighted by atomic mass is 10.1. The molecule has 0 aliphatic rings. The van der Waals surface area contributed by atoms with E-state index in [0.717, 1.165) is 13.0 Å². The molecule has 0 aromatic heterocycles. The fourth-order valence-electron chi connectivity index (χ4n) is 2.28. The normalized spacial score (nSPS) is 12.3. The molecule has 0 saturated carbocycles. The minimum absolute atomic E-state index is 0.374. The molecule has 20 heavy (non-hydrogen) atoms. The third-order valence-electron chi connectivity index (χ3n) is 3.23. The standard InChI is InChI=1S/C14H25N3O2S/c1-11-9-13(15)10-12(2)14(11)20(18,19)17(5)8-6-7-16(3)4/h9-10H,6-8,15H2,1-5H3. The number of anilines is 1. The molecule has 0 atom stereocenters. The molecule has 0 amide bonds. The highest BCUT2D eigenvalue weighted by Gasteiger charge is 2.24. The van der Waals surface area contributed by atoms with Gasteiger partial charge in [0, 0.05) is 19.3 Å². The predicted octanol–water partition coefficient (Wildman–Crippen LogP) is 1.46. The summed E-state index contributed by atoms with van der Waals surface area (Å²) in [4.78, 5) is 2.42. The van der Waals surface area contributed by atoms with Crippen LogP contribution >= 0.6 is 0 Å². The van der Waals surface area contributed by atoms with Crippen LogP contribution in [0.25, 0.3) is 0 Å². The summed E-state index contributed by atoms with van der Waals surface area (Å²) < 4.78 is 26.7. The van der Waals surface area contributed by atoms with Crippen molar-refractivity contribution in [2.75, 3.05) is 40.0 Å². The smallest absolute Gasteiger partial charge is 0.243 e. The number of aryl methyl sites for hydroxylation is 2. The van der Waals surface area contributed by atoms with Gasteiger partial charge in [-0.25, -0.2) is 12.7 Å². The first kappa shape index (κ1) is 16.9. The van der Waals surface area contributed by atoms with Gasteiger partial charge >= 0.3 is 0 Å². The van der Waals surface area contributed by atoms with Crippen molar-refractivity contribution >= 4 is 15.7 Å². The molecule has 0 bridgehead atoms. The Balaban J connectivity index is 2.99. The van der Waals surface area contributed by atoms with Crippen LogP contribution in [0.3, 0.4) is 0 Å². The lowest BCUT2D eigenvalue weighted by molar-refractivity contribution is 0.370. The van der Waals surface area contributed by atoms with Gasteiger partial charge in [0.25, 0.3) is 0 Å². The van der Waals surface area contributed by atoms with E-state index in [-0.39, 0.29) is 0 Å². The zero-order valence-electron chi connectivity index (χ0n) is 13.0. The van der Waals surface area contributed by atoms with Crippen molar-refractivity contribution < 1.29 is 8.42 Å². The topological polar surface area (TPSA) is 66.6 Å². The van der Waals surface area contributed by atoms with Crippen LogP contribution in [-0.2, 0) is 10.0 Å². The summed E-state index contributed by atoms with van der Waals surface area (Å²) in [6.45, 7) is 4.93. The molecule has 0 fully saturated rings. The molecule has 0 unspecified atom stereocenters. The van der Waals surface area contributed by atoms with E-state index in [1.165, 1.54) is 4.31 Å². The summed E-state index contributed by atoms with van der Waals surface area (Å²) in [6, 6.07) is 3.40. The van der Waals surface area contributed by atoms with E-state index in [2.05, 4.69) is 0 Å². The van der Waals surface area contributed by atoms with Crippen molar-refractivity contribution in [3.63, 3.8) is 0 Å². The molecule has 0 heterocycles. The van der Waals surface area contributed by atoms with Crippen LogP contribution < -0.4 is 5.73 Å². The number of hydrogen-bond acceptors (Lipinski definition) is 4. The Hall–Kier alpha value is -1.11. The average Bonchev–Trinajstić information content (AvgIpc) is 2.26. The first-order chi connectivity index (χ1) is 9.16. The van der Waals surface area contributed by atoms with Crippen molar-refractivity contribution in [1.29, 1.82) is 0 Å². The van der Waals surface area contributed by atoms with Gasteiger partial charge < -0.3 is 10.6 Å². The Kier molecular flexibility index (Phi) is 5.56. The summed E-state index contributed by atoms with van der Waals surface area (Å²) in [5, 5.41) is 0. The monoisotopic (exact) mass is 299 g/mol. The quantitative estimate of drug-likeness (QED) is 0.808. The fourth-order valence-corrected chi connectivity index (χ4v) is 3.89. The summed E-state index contributed by atoms with van der Waals surface area (Å²) >= 11 is 0. The second-order valence-corrected chi connectivity index (χ2v) is 7.45. The average molecular weight is 299 g/mol. The van der Waals surface area contributed by atoms with Gasteiger partial charge in [0.15, 0.2) is 0 Å². The SMILES string of the molecule is Cc1cc(N)cc(C)c1S(=O)(=O)N(C)CCCN(C)C. The van der Waals surface area contributed by atoms with Crippen molar-refractivity contribution in [2.24, 2.45) is 0 Å². The van der Waals surface area contributed by atoms with Gasteiger partial charge in [0.1, 0.15) is 0 Å². The molecule has 5 nitrogen and oxygen atoms in total. The molecule has 1 aromatic carbocycles. The van der Waals surface area contributed by atoms with Gasteiger partial charge in [-0.15, -0.1) is 0 Å². The van der Waals surface area contributed by atoms with Crippen LogP contribution in [-0.4, -0.2) is 51.9 Å². The number of hydrogen-bond donors (Lipinski definition) is 1. The highest BCUT2D eigenvalue weighted by atomic mass is 32.2. The van der Waals surface area contributed by atoms with E-state index in [4.69, 9.17) is 5.73 Å². The fraction of sp³-hybridized carbons (Fsp3) is 0.571. The Labute approximate surface area is 122 Å². The van der Waals surface area contributed by atoms with Gasteiger partial charge in [-0.1, -0.05) is 0 Å². The van der Waals surface area contributed by atoms with Gasteiger partial charge in [-0.05, 0) is 64.2 Å². The van der Waals surface area contributed by atoms with Gasteiger partial charge in [0.2, 0.25) is 10.0 Å². The molecule has 6 heteroatoms. The molecule has 0 saturated heterocycles. The van der Waals surface area contributed by atoms with Gasteiger partial charge in [0.05, 0.1) is 4.90 Å². The van der Waals surface area contributed by atoms with E-state index < -0.39 is 10.0 Å². The third kappa shape index (κ3) is 3.94. The number of nitrogens with two attached hydrogens (primary N) is 1. The molecule has 0 aliphatic carbocycles. The molecule has 114 valence electrons. The summed E-state index contributed by atoms with van der Waals surface area (Å²) in [5.41, 5.74) is 7.73. The second-order valence-electron chi connectivity index (χ2n) is 5.47. The zero-order valence-corrected chi connectivity index (χ0v) is 13.8. The van der Waals surface area contributed by atoms with E-state index >= 15 is 0 Å². The molecule has 1 aromatic rings. The highest BCUT2D eigenvalue weighted by Crippen LogP contribution is 2.25. The number of nitrogens with zero attached hydrogens (tertiary/aromatic N) is 2. The first-order valence-corrected chi connectivity index (χ1v) is 8.08. The van der Waals surface area contributed by atoms with E-state index in [1.54, 1.807) is 33.0 Å². The molecule has 2 N–H and O–H groups in total. The maximum atomic E-state index is 12.6. The Morgan fingerprint density at radius 2 is 1.55 bits per heavy atom. The van der Waals surface area contributed by atoms with Crippen LogP contribution in [0.5, 0.6) is 0 Å². The van der Waals surface area contributed by atoms with Crippen LogP contribution in [0.1, 0.15) is 17.5 Å². The third-order valence-corrected chi connectivity index (χ3v) is 5.39. The van der Waals surface area contributed by atoms with E-state index in [0.29, 0.717) is 28.3 Å². The van der Waals surface area contributed by atoms with Gasteiger partial charge in [-0.2, -0.15) is 0 Å². The lowest BCUT2D eigenvalue weighted by Crippen LogP contribution is -2.30. The largest absolute Gasteiger partial charge is 0.399 e. The number of benzene rings is 1. The number of rotatable bonds is 6. The summed E-state index contributed by atoms with van der Waals surface area (Å²) in [6.07, 6.45) is 0.801. The number of sulfonamides is 1. The number of nitrogen functional groups attached to an aromatic ring is 1. The first-order valence-electron chi connectivity index (χ1n) is 6.64. The van der Waals surface area contributed by atoms with Crippen molar-refractivity contribution in [2.45, 2.75) is 25.2 Å². The molecule has 0 aliphatic heterocycles. The molecule has 0 spiro atoms. The summed E-state index contributed by atoms with van der Waals surface area (Å²) in [7, 11) is 2.12. The van der Waals surface area contributed by atoms with Crippen molar-refractivity contribution in [3.8, 4) is 0 Å². The highest BCUT2D eigenvalue weighted by molar-refractivity contribution is 7.89. The minimum Gasteiger partial charge on any atom is -0.399 e. The summed E-state index contributed by atoms with van der Waals surface area (Å²) in [5.74, 6) is 0. The van der Waals surface area contributed by atoms with Crippen molar-refractivity contribution in [3.05, 3.63) is 23.3 Å². The molecular formula is C14H25N3O2S. The van der Waals surface area contributed by atoms with Crippen LogP contribution in [0, 0.1) is 13.8 Å². The van der Waals surface area contributed by atoms with Crippen LogP contribution in [0.15, 0.2) is 17.0 Å². The second kappa shape index (κ2) is 6.56. The van der Waals surface area contributed by atoms with Crippen LogP contribution in [0.4, 0.5) is 5.69 Å². The molecular weight excluding hydrogens is 274 g/mol. The minimum atomic E-state index is -3.46. The van der Waals surface area contributed by atoms with Crippen molar-refractivity contribution in [1.82, 2.24) is 9.21 Å². The maximum Gasteiger partial charge on any atom is 0.243 e. The Morgan fingerprint density at radius 1 is 1.05 bits per heavy atom.